The number of anilines is 2. The second-order valence-corrected chi connectivity index (χ2v) is 4.36. The van der Waals surface area contributed by atoms with Crippen molar-refractivity contribution in [2.45, 2.75) is 0 Å². The van der Waals surface area contributed by atoms with Crippen molar-refractivity contribution < 1.29 is 14.5 Å². The second kappa shape index (κ2) is 5.53. The number of aromatic nitrogens is 1. The van der Waals surface area contributed by atoms with E-state index in [4.69, 9.17) is 10.5 Å². The van der Waals surface area contributed by atoms with E-state index >= 15 is 0 Å². The molecule has 3 N–H and O–H groups in total. The number of carbonyl (C=O) groups is 1. The maximum absolute atomic E-state index is 12.1. The summed E-state index contributed by atoms with van der Waals surface area (Å²) in [6.07, 6.45) is 1.28. The van der Waals surface area contributed by atoms with Gasteiger partial charge in [-0.3, -0.25) is 14.9 Å². The molecule has 8 heteroatoms. The first kappa shape index (κ1) is 14.4. The number of methoxy groups -OCH3 is 1. The number of nitrogen functional groups attached to an aromatic ring is 1. The molecule has 0 aliphatic carbocycles. The van der Waals surface area contributed by atoms with Crippen molar-refractivity contribution >= 4 is 23.0 Å². The molecular weight excluding hydrogens is 276 g/mol. The van der Waals surface area contributed by atoms with Crippen LogP contribution in [0.4, 0.5) is 17.1 Å². The van der Waals surface area contributed by atoms with Gasteiger partial charge < -0.3 is 20.4 Å². The van der Waals surface area contributed by atoms with Crippen molar-refractivity contribution in [2.75, 3.05) is 18.2 Å². The van der Waals surface area contributed by atoms with Gasteiger partial charge in [0.2, 0.25) is 0 Å². The highest BCUT2D eigenvalue weighted by Gasteiger charge is 2.17. The molecule has 0 aliphatic heterocycles. The Hall–Kier alpha value is -3.03. The fourth-order valence-electron chi connectivity index (χ4n) is 1.88. The lowest BCUT2D eigenvalue weighted by atomic mass is 10.2. The van der Waals surface area contributed by atoms with E-state index in [9.17, 15) is 14.9 Å². The van der Waals surface area contributed by atoms with E-state index in [1.807, 2.05) is 0 Å². The van der Waals surface area contributed by atoms with Crippen LogP contribution in [0.25, 0.3) is 0 Å². The lowest BCUT2D eigenvalue weighted by Gasteiger charge is -2.09. The van der Waals surface area contributed by atoms with Crippen LogP contribution < -0.4 is 15.8 Å². The summed E-state index contributed by atoms with van der Waals surface area (Å²) in [7, 11) is 3.05. The number of benzene rings is 1. The molecule has 0 unspecified atom stereocenters. The van der Waals surface area contributed by atoms with Crippen molar-refractivity contribution in [3.63, 3.8) is 0 Å². The zero-order valence-corrected chi connectivity index (χ0v) is 11.5. The van der Waals surface area contributed by atoms with E-state index < -0.39 is 10.8 Å². The fourth-order valence-corrected chi connectivity index (χ4v) is 1.88. The molecule has 2 rings (SSSR count). The third-order valence-electron chi connectivity index (χ3n) is 2.92. The minimum atomic E-state index is -0.553. The van der Waals surface area contributed by atoms with Gasteiger partial charge in [0.15, 0.2) is 0 Å². The Balaban J connectivity index is 2.22. The van der Waals surface area contributed by atoms with E-state index in [0.717, 1.165) is 0 Å². The number of nitro groups is 1. The van der Waals surface area contributed by atoms with Crippen LogP contribution in [0.3, 0.4) is 0 Å². The molecule has 1 aromatic heterocycles. The van der Waals surface area contributed by atoms with Gasteiger partial charge in [0.25, 0.3) is 11.6 Å². The molecule has 1 aromatic carbocycles. The Kier molecular flexibility index (Phi) is 3.79. The van der Waals surface area contributed by atoms with Crippen molar-refractivity contribution in [1.29, 1.82) is 0 Å². The number of hydrogen-bond donors (Lipinski definition) is 2. The number of nitrogens with one attached hydrogen (secondary N) is 1. The number of rotatable bonds is 4. The predicted molar refractivity (Wildman–Crippen MR) is 77.4 cm³/mol. The minimum Gasteiger partial charge on any atom is -0.495 e. The molecule has 2 aromatic rings. The first-order valence-corrected chi connectivity index (χ1v) is 5.98. The largest absolute Gasteiger partial charge is 0.495 e. The molecule has 8 nitrogen and oxygen atoms in total. The summed E-state index contributed by atoms with van der Waals surface area (Å²) in [6, 6.07) is 6.01. The number of hydrogen-bond acceptors (Lipinski definition) is 5. The van der Waals surface area contributed by atoms with Gasteiger partial charge >= 0.3 is 0 Å². The molecule has 0 radical (unpaired) electrons. The first-order chi connectivity index (χ1) is 9.92. The van der Waals surface area contributed by atoms with E-state index in [-0.39, 0.29) is 11.4 Å². The average molecular weight is 290 g/mol. The van der Waals surface area contributed by atoms with E-state index in [1.54, 1.807) is 25.2 Å². The maximum atomic E-state index is 12.1. The number of nitrogens with zero attached hydrogens (tertiary/aromatic N) is 2. The van der Waals surface area contributed by atoms with Crippen LogP contribution in [-0.4, -0.2) is 22.5 Å². The van der Waals surface area contributed by atoms with Crippen molar-refractivity contribution in [3.8, 4) is 5.75 Å². The summed E-state index contributed by atoms with van der Waals surface area (Å²) in [5.74, 6) is 0.0395. The fraction of sp³-hybridized carbons (Fsp3) is 0.154. The van der Waals surface area contributed by atoms with Crippen molar-refractivity contribution in [1.82, 2.24) is 4.57 Å². The molecule has 0 saturated heterocycles. The van der Waals surface area contributed by atoms with Crippen LogP contribution in [0.1, 0.15) is 10.5 Å². The van der Waals surface area contributed by atoms with E-state index in [2.05, 4.69) is 5.32 Å². The van der Waals surface area contributed by atoms with Crippen LogP contribution in [0.15, 0.2) is 30.5 Å². The van der Waals surface area contributed by atoms with Gasteiger partial charge in [-0.25, -0.2) is 0 Å². The Morgan fingerprint density at radius 3 is 2.67 bits per heavy atom. The van der Waals surface area contributed by atoms with Gasteiger partial charge in [0.05, 0.1) is 23.9 Å². The van der Waals surface area contributed by atoms with Crippen LogP contribution in [0.5, 0.6) is 5.75 Å². The lowest BCUT2D eigenvalue weighted by Crippen LogP contribution is -2.15. The Morgan fingerprint density at radius 1 is 1.43 bits per heavy atom. The molecule has 0 saturated carbocycles. The van der Waals surface area contributed by atoms with Crippen LogP contribution in [0.2, 0.25) is 0 Å². The molecule has 21 heavy (non-hydrogen) atoms. The summed E-state index contributed by atoms with van der Waals surface area (Å²) in [6.45, 7) is 0. The van der Waals surface area contributed by atoms with Gasteiger partial charge in [-0.1, -0.05) is 0 Å². The standard InChI is InChI=1S/C13H14N4O4/c1-16-7-9(17(19)20)6-11(16)13(18)15-8-3-4-12(21-2)10(14)5-8/h3-7H,14H2,1-2H3,(H,15,18). The van der Waals surface area contributed by atoms with Gasteiger partial charge in [0, 0.05) is 18.8 Å². The molecule has 0 fully saturated rings. The SMILES string of the molecule is COc1ccc(NC(=O)c2cc([N+](=O)[O-])cn2C)cc1N. The normalized spacial score (nSPS) is 10.2. The average Bonchev–Trinajstić information content (AvgIpc) is 2.81. The van der Waals surface area contributed by atoms with Crippen molar-refractivity contribution in [3.05, 3.63) is 46.3 Å². The van der Waals surface area contributed by atoms with Gasteiger partial charge in [-0.05, 0) is 18.2 Å². The summed E-state index contributed by atoms with van der Waals surface area (Å²) >= 11 is 0. The second-order valence-electron chi connectivity index (χ2n) is 4.36. The predicted octanol–water partition coefficient (Wildman–Crippen LogP) is 1.78. The number of nitrogens with two attached hydrogens (primary N) is 1. The highest BCUT2D eigenvalue weighted by molar-refractivity contribution is 6.04. The Labute approximate surface area is 120 Å². The van der Waals surface area contributed by atoms with Crippen molar-refractivity contribution in [2.24, 2.45) is 7.05 Å². The quantitative estimate of drug-likeness (QED) is 0.506. The summed E-state index contributed by atoms with van der Waals surface area (Å²) < 4.78 is 6.41. The smallest absolute Gasteiger partial charge is 0.287 e. The summed E-state index contributed by atoms with van der Waals surface area (Å²) in [5.41, 5.74) is 6.64. The highest BCUT2D eigenvalue weighted by Crippen LogP contribution is 2.25. The highest BCUT2D eigenvalue weighted by atomic mass is 16.6. The third kappa shape index (κ3) is 2.94. The molecule has 110 valence electrons. The lowest BCUT2D eigenvalue weighted by molar-refractivity contribution is -0.384. The number of amides is 1. The van der Waals surface area contributed by atoms with Crippen LogP contribution >= 0.6 is 0 Å². The molecule has 0 atom stereocenters. The van der Waals surface area contributed by atoms with Gasteiger partial charge in [-0.15, -0.1) is 0 Å². The number of carbonyl (C=O) groups excluding carboxylic acids is 1. The topological polar surface area (TPSA) is 112 Å². The van der Waals surface area contributed by atoms with Crippen LogP contribution in [0, 0.1) is 10.1 Å². The summed E-state index contributed by atoms with van der Waals surface area (Å²) in [4.78, 5) is 22.2. The first-order valence-electron chi connectivity index (χ1n) is 5.98. The molecule has 1 amide bonds. The molecule has 0 spiro atoms. The third-order valence-corrected chi connectivity index (χ3v) is 2.92. The number of aryl methyl sites for hydroxylation is 1. The maximum Gasteiger partial charge on any atom is 0.287 e. The summed E-state index contributed by atoms with van der Waals surface area (Å²) in [5, 5.41) is 13.3. The van der Waals surface area contributed by atoms with Gasteiger partial charge in [0.1, 0.15) is 11.4 Å². The molecule has 0 bridgehead atoms. The zero-order valence-electron chi connectivity index (χ0n) is 11.5. The Bertz CT molecular complexity index is 708. The molecule has 0 aliphatic rings. The molecule has 1 heterocycles. The van der Waals surface area contributed by atoms with E-state index in [1.165, 1.54) is 23.9 Å². The van der Waals surface area contributed by atoms with E-state index in [0.29, 0.717) is 17.1 Å². The minimum absolute atomic E-state index is 0.142. The Morgan fingerprint density at radius 2 is 2.14 bits per heavy atom. The van der Waals surface area contributed by atoms with Crippen LogP contribution in [-0.2, 0) is 7.05 Å². The van der Waals surface area contributed by atoms with Gasteiger partial charge in [-0.2, -0.15) is 0 Å². The monoisotopic (exact) mass is 290 g/mol. The zero-order chi connectivity index (χ0) is 15.6. The molecular formula is C13H14N4O4. The number of ether oxygens (including phenoxy) is 1.